The van der Waals surface area contributed by atoms with Crippen molar-refractivity contribution in [1.29, 1.82) is 0 Å². The van der Waals surface area contributed by atoms with Crippen molar-refractivity contribution in [3.8, 4) is 0 Å². The van der Waals surface area contributed by atoms with Gasteiger partial charge in [0.15, 0.2) is 0 Å². The Morgan fingerprint density at radius 1 is 1.53 bits per heavy atom. The minimum Gasteiger partial charge on any atom is -0.336 e. The number of aromatic nitrogens is 2. The fourth-order valence-electron chi connectivity index (χ4n) is 2.56. The first-order chi connectivity index (χ1) is 9.24. The molecule has 1 aliphatic heterocycles. The topological polar surface area (TPSA) is 38.1 Å². The molecule has 0 spiro atoms. The average molecular weight is 275 g/mol. The van der Waals surface area contributed by atoms with Crippen LogP contribution in [0.1, 0.15) is 34.8 Å². The van der Waals surface area contributed by atoms with Crippen LogP contribution in [0.4, 0.5) is 0 Å². The van der Waals surface area contributed by atoms with Gasteiger partial charge in [-0.2, -0.15) is 16.4 Å². The lowest BCUT2D eigenvalue weighted by molar-refractivity contribution is 0.0673. The molecule has 1 atom stereocenters. The van der Waals surface area contributed by atoms with E-state index in [9.17, 15) is 4.79 Å². The first-order valence-electron chi connectivity index (χ1n) is 6.56. The second-order valence-electron chi connectivity index (χ2n) is 5.06. The Kier molecular flexibility index (Phi) is 3.38. The summed E-state index contributed by atoms with van der Waals surface area (Å²) in [5, 5.41) is 8.25. The summed E-state index contributed by atoms with van der Waals surface area (Å²) < 4.78 is 2.00. The van der Waals surface area contributed by atoms with Gasteiger partial charge in [0, 0.05) is 24.7 Å². The van der Waals surface area contributed by atoms with Crippen LogP contribution in [-0.4, -0.2) is 33.7 Å². The zero-order chi connectivity index (χ0) is 13.2. The summed E-state index contributed by atoms with van der Waals surface area (Å²) >= 11 is 1.57. The Morgan fingerprint density at radius 3 is 3.11 bits per heavy atom. The van der Waals surface area contributed by atoms with Gasteiger partial charge in [0.2, 0.25) is 0 Å². The van der Waals surface area contributed by atoms with Gasteiger partial charge in [0.1, 0.15) is 0 Å². The lowest BCUT2D eigenvalue weighted by Crippen LogP contribution is -2.40. The maximum absolute atomic E-state index is 12.3. The number of thiophene rings is 1. The van der Waals surface area contributed by atoms with Crippen LogP contribution in [0.5, 0.6) is 0 Å². The molecular formula is C14H17N3OS. The maximum Gasteiger partial charge on any atom is 0.254 e. The largest absolute Gasteiger partial charge is 0.336 e. The lowest BCUT2D eigenvalue weighted by Gasteiger charge is -2.32. The molecule has 1 saturated heterocycles. The SMILES string of the molecule is Cc1cnn([C@@H]2CCCN(C(=O)c3ccsc3)C2)c1. The molecule has 0 unspecified atom stereocenters. The molecule has 2 aromatic heterocycles. The Hall–Kier alpha value is -1.62. The summed E-state index contributed by atoms with van der Waals surface area (Å²) in [5.74, 6) is 0.148. The minimum atomic E-state index is 0.148. The molecule has 5 heteroatoms. The van der Waals surface area contributed by atoms with Crippen molar-refractivity contribution in [2.75, 3.05) is 13.1 Å². The van der Waals surface area contributed by atoms with Crippen LogP contribution in [0.15, 0.2) is 29.2 Å². The Labute approximate surface area is 116 Å². The molecule has 100 valence electrons. The quantitative estimate of drug-likeness (QED) is 0.845. The molecule has 19 heavy (non-hydrogen) atoms. The average Bonchev–Trinajstić information content (AvgIpc) is 3.09. The first kappa shape index (κ1) is 12.4. The van der Waals surface area contributed by atoms with Gasteiger partial charge in [-0.15, -0.1) is 0 Å². The van der Waals surface area contributed by atoms with Crippen molar-refractivity contribution >= 4 is 17.2 Å². The summed E-state index contributed by atoms with van der Waals surface area (Å²) in [7, 11) is 0. The molecule has 0 bridgehead atoms. The highest BCUT2D eigenvalue weighted by Gasteiger charge is 2.25. The van der Waals surface area contributed by atoms with Gasteiger partial charge in [0.25, 0.3) is 5.91 Å². The number of likely N-dealkylation sites (tertiary alicyclic amines) is 1. The van der Waals surface area contributed by atoms with E-state index in [-0.39, 0.29) is 5.91 Å². The van der Waals surface area contributed by atoms with Crippen molar-refractivity contribution in [1.82, 2.24) is 14.7 Å². The third kappa shape index (κ3) is 2.56. The van der Waals surface area contributed by atoms with E-state index in [0.29, 0.717) is 6.04 Å². The van der Waals surface area contributed by atoms with E-state index >= 15 is 0 Å². The fourth-order valence-corrected chi connectivity index (χ4v) is 3.19. The van der Waals surface area contributed by atoms with Crippen molar-refractivity contribution < 1.29 is 4.79 Å². The number of aryl methyl sites for hydroxylation is 1. The van der Waals surface area contributed by atoms with Gasteiger partial charge in [-0.3, -0.25) is 9.48 Å². The van der Waals surface area contributed by atoms with Crippen LogP contribution < -0.4 is 0 Å². The van der Waals surface area contributed by atoms with Crippen molar-refractivity contribution in [3.05, 3.63) is 40.3 Å². The van der Waals surface area contributed by atoms with Crippen molar-refractivity contribution in [3.63, 3.8) is 0 Å². The highest BCUT2D eigenvalue weighted by Crippen LogP contribution is 2.23. The summed E-state index contributed by atoms with van der Waals surface area (Å²) in [6, 6.07) is 2.21. The van der Waals surface area contributed by atoms with Crippen LogP contribution >= 0.6 is 11.3 Å². The molecule has 2 aromatic rings. The number of nitrogens with zero attached hydrogens (tertiary/aromatic N) is 3. The Balaban J connectivity index is 1.73. The van der Waals surface area contributed by atoms with Gasteiger partial charge in [-0.05, 0) is 36.8 Å². The monoisotopic (exact) mass is 275 g/mol. The van der Waals surface area contributed by atoms with Gasteiger partial charge < -0.3 is 4.90 Å². The number of rotatable bonds is 2. The fraction of sp³-hybridized carbons (Fsp3) is 0.429. The molecule has 1 aliphatic rings. The molecule has 1 fully saturated rings. The van der Waals surface area contributed by atoms with Crippen molar-refractivity contribution in [2.45, 2.75) is 25.8 Å². The number of hydrogen-bond acceptors (Lipinski definition) is 3. The number of carbonyl (C=O) groups is 1. The van der Waals surface area contributed by atoms with E-state index in [1.54, 1.807) is 11.3 Å². The Morgan fingerprint density at radius 2 is 2.42 bits per heavy atom. The maximum atomic E-state index is 12.3. The molecule has 0 aromatic carbocycles. The van der Waals surface area contributed by atoms with Crippen LogP contribution in [0.3, 0.4) is 0 Å². The minimum absolute atomic E-state index is 0.148. The molecular weight excluding hydrogens is 258 g/mol. The van der Waals surface area contributed by atoms with Crippen LogP contribution in [0, 0.1) is 6.92 Å². The molecule has 1 amide bonds. The molecule has 3 heterocycles. The smallest absolute Gasteiger partial charge is 0.254 e. The second kappa shape index (κ2) is 5.17. The van der Waals surface area contributed by atoms with E-state index in [1.165, 1.54) is 5.56 Å². The van der Waals surface area contributed by atoms with Crippen LogP contribution in [-0.2, 0) is 0 Å². The number of hydrogen-bond donors (Lipinski definition) is 0. The molecule has 0 saturated carbocycles. The van der Waals surface area contributed by atoms with Crippen molar-refractivity contribution in [2.24, 2.45) is 0 Å². The zero-order valence-electron chi connectivity index (χ0n) is 11.0. The van der Waals surface area contributed by atoms with E-state index in [2.05, 4.69) is 11.3 Å². The number of amides is 1. The molecule has 0 N–H and O–H groups in total. The van der Waals surface area contributed by atoms with E-state index in [0.717, 1.165) is 31.5 Å². The number of piperidine rings is 1. The van der Waals surface area contributed by atoms with E-state index in [1.807, 2.05) is 39.5 Å². The normalized spacial score (nSPS) is 19.6. The molecule has 4 nitrogen and oxygen atoms in total. The van der Waals surface area contributed by atoms with Gasteiger partial charge >= 0.3 is 0 Å². The lowest BCUT2D eigenvalue weighted by atomic mass is 10.1. The first-order valence-corrected chi connectivity index (χ1v) is 7.50. The summed E-state index contributed by atoms with van der Waals surface area (Å²) in [6.45, 7) is 3.65. The van der Waals surface area contributed by atoms with Gasteiger partial charge in [-0.25, -0.2) is 0 Å². The Bertz CT molecular complexity index is 561. The zero-order valence-corrected chi connectivity index (χ0v) is 11.8. The highest BCUT2D eigenvalue weighted by molar-refractivity contribution is 7.08. The van der Waals surface area contributed by atoms with E-state index < -0.39 is 0 Å². The molecule has 0 radical (unpaired) electrons. The highest BCUT2D eigenvalue weighted by atomic mass is 32.1. The third-order valence-electron chi connectivity index (χ3n) is 3.56. The van der Waals surface area contributed by atoms with Gasteiger partial charge in [-0.1, -0.05) is 0 Å². The van der Waals surface area contributed by atoms with E-state index in [4.69, 9.17) is 0 Å². The number of carbonyl (C=O) groups excluding carboxylic acids is 1. The molecule has 0 aliphatic carbocycles. The summed E-state index contributed by atoms with van der Waals surface area (Å²) in [5.41, 5.74) is 1.98. The van der Waals surface area contributed by atoms with Gasteiger partial charge in [0.05, 0.1) is 17.8 Å². The predicted molar refractivity (Wildman–Crippen MR) is 75.5 cm³/mol. The predicted octanol–water partition coefficient (Wildman–Crippen LogP) is 2.73. The molecule has 3 rings (SSSR count). The standard InChI is InChI=1S/C14H17N3OS/c1-11-7-15-17(8-11)13-3-2-5-16(9-13)14(18)12-4-6-19-10-12/h4,6-8,10,13H,2-3,5,9H2,1H3/t13-/m1/s1. The third-order valence-corrected chi connectivity index (χ3v) is 4.24. The van der Waals surface area contributed by atoms with Crippen LogP contribution in [0.25, 0.3) is 0 Å². The second-order valence-corrected chi connectivity index (χ2v) is 5.84. The van der Waals surface area contributed by atoms with Crippen LogP contribution in [0.2, 0.25) is 0 Å². The summed E-state index contributed by atoms with van der Waals surface area (Å²) in [6.07, 6.45) is 6.07. The summed E-state index contributed by atoms with van der Waals surface area (Å²) in [4.78, 5) is 14.3.